The van der Waals surface area contributed by atoms with Crippen LogP contribution in [-0.4, -0.2) is 6.72 Å². The molecule has 0 amide bonds. The summed E-state index contributed by atoms with van der Waals surface area (Å²) in [6.45, 7) is 13.2. The molecule has 15 heavy (non-hydrogen) atoms. The fourth-order valence-corrected chi connectivity index (χ4v) is 1.18. The minimum absolute atomic E-state index is 0.878. The topological polar surface area (TPSA) is 12.4 Å². The summed E-state index contributed by atoms with van der Waals surface area (Å²) in [6, 6.07) is 5.99. The molecular formula is C14H19N. The van der Waals surface area contributed by atoms with Gasteiger partial charge in [-0.05, 0) is 31.3 Å². The lowest BCUT2D eigenvalue weighted by Crippen LogP contribution is -1.77. The van der Waals surface area contributed by atoms with E-state index in [9.17, 15) is 0 Å². The van der Waals surface area contributed by atoms with Crippen molar-refractivity contribution in [2.75, 3.05) is 0 Å². The highest BCUT2D eigenvalue weighted by molar-refractivity contribution is 5.68. The summed E-state index contributed by atoms with van der Waals surface area (Å²) in [6.07, 6.45) is 5.83. The Kier molecular flexibility index (Phi) is 6.90. The first-order valence-electron chi connectivity index (χ1n) is 5.17. The van der Waals surface area contributed by atoms with Gasteiger partial charge in [0.2, 0.25) is 0 Å². The summed E-state index contributed by atoms with van der Waals surface area (Å²) in [5.41, 5.74) is 3.05. The second-order valence-electron chi connectivity index (χ2n) is 2.68. The third kappa shape index (κ3) is 3.94. The minimum atomic E-state index is 0.878. The Hall–Kier alpha value is -1.63. The van der Waals surface area contributed by atoms with Crippen molar-refractivity contribution in [3.63, 3.8) is 0 Å². The van der Waals surface area contributed by atoms with Gasteiger partial charge in [0.1, 0.15) is 0 Å². The minimum Gasteiger partial charge on any atom is -0.264 e. The van der Waals surface area contributed by atoms with E-state index in [1.807, 2.05) is 51.1 Å². The van der Waals surface area contributed by atoms with E-state index in [4.69, 9.17) is 0 Å². The van der Waals surface area contributed by atoms with E-state index >= 15 is 0 Å². The van der Waals surface area contributed by atoms with Gasteiger partial charge in [0.25, 0.3) is 0 Å². The molecule has 0 heterocycles. The lowest BCUT2D eigenvalue weighted by molar-refractivity contribution is 1.50. The van der Waals surface area contributed by atoms with E-state index < -0.39 is 0 Å². The average Bonchev–Trinajstić information content (AvgIpc) is 2.32. The van der Waals surface area contributed by atoms with Crippen LogP contribution in [0.15, 0.2) is 35.8 Å². The lowest BCUT2D eigenvalue weighted by Gasteiger charge is -2.01. The predicted octanol–water partition coefficient (Wildman–Crippen LogP) is 4.72. The summed E-state index contributed by atoms with van der Waals surface area (Å²) in [4.78, 5) is 3.90. The molecule has 0 radical (unpaired) electrons. The molecule has 0 aliphatic heterocycles. The Morgan fingerprint density at radius 3 is 2.40 bits per heavy atom. The third-order valence-corrected chi connectivity index (χ3v) is 1.80. The Labute approximate surface area is 92.9 Å². The summed E-state index contributed by atoms with van der Waals surface area (Å²) < 4.78 is 0. The molecule has 1 nitrogen and oxygen atoms in total. The van der Waals surface area contributed by atoms with Gasteiger partial charge in [0.05, 0.1) is 5.69 Å². The van der Waals surface area contributed by atoms with Gasteiger partial charge in [0, 0.05) is 5.56 Å². The van der Waals surface area contributed by atoms with E-state index in [1.165, 1.54) is 0 Å². The molecule has 0 unspecified atom stereocenters. The van der Waals surface area contributed by atoms with Gasteiger partial charge < -0.3 is 0 Å². The fraction of sp³-hybridized carbons (Fsp3) is 0.214. The van der Waals surface area contributed by atoms with E-state index in [0.29, 0.717) is 0 Å². The molecule has 1 heteroatoms. The first kappa shape index (κ1) is 13.4. The van der Waals surface area contributed by atoms with Gasteiger partial charge >= 0.3 is 0 Å². The van der Waals surface area contributed by atoms with Crippen molar-refractivity contribution in [1.82, 2.24) is 0 Å². The molecule has 0 aliphatic rings. The van der Waals surface area contributed by atoms with Crippen LogP contribution in [0.2, 0.25) is 0 Å². The summed E-state index contributed by atoms with van der Waals surface area (Å²) in [5.74, 6) is 0. The second-order valence-corrected chi connectivity index (χ2v) is 2.68. The molecule has 0 saturated heterocycles. The van der Waals surface area contributed by atoms with Crippen LogP contribution in [0, 0.1) is 0 Å². The van der Waals surface area contributed by atoms with Crippen LogP contribution >= 0.6 is 0 Å². The number of allylic oxidation sites excluding steroid dienone is 1. The molecule has 0 N–H and O–H groups in total. The van der Waals surface area contributed by atoms with E-state index in [0.717, 1.165) is 16.8 Å². The van der Waals surface area contributed by atoms with Gasteiger partial charge in [-0.1, -0.05) is 44.7 Å². The number of benzene rings is 1. The quantitative estimate of drug-likeness (QED) is 0.627. The Morgan fingerprint density at radius 1 is 1.27 bits per heavy atom. The van der Waals surface area contributed by atoms with Crippen molar-refractivity contribution in [3.8, 4) is 0 Å². The number of hydrogen-bond acceptors (Lipinski definition) is 1. The Balaban J connectivity index is 0.000000921. The predicted molar refractivity (Wildman–Crippen MR) is 71.8 cm³/mol. The molecule has 0 saturated carbocycles. The van der Waals surface area contributed by atoms with Crippen LogP contribution in [-0.2, 0) is 0 Å². The molecule has 0 aliphatic carbocycles. The van der Waals surface area contributed by atoms with E-state index in [-0.39, 0.29) is 0 Å². The Bertz CT molecular complexity index is 348. The molecule has 0 fully saturated rings. The zero-order valence-corrected chi connectivity index (χ0v) is 9.83. The zero-order chi connectivity index (χ0) is 11.7. The van der Waals surface area contributed by atoms with Gasteiger partial charge in [-0.15, -0.1) is 0 Å². The van der Waals surface area contributed by atoms with Crippen LogP contribution in [0.5, 0.6) is 0 Å². The van der Waals surface area contributed by atoms with Crippen molar-refractivity contribution < 1.29 is 0 Å². The largest absolute Gasteiger partial charge is 0.264 e. The standard InChI is InChI=1S/C12H13N.C2H6/c1-4-6-10-7-8-12(13-3)11(5-2)9-10;1-2/h4-9H,2-3H2,1H3;1-2H3/b6-4+;. The summed E-state index contributed by atoms with van der Waals surface area (Å²) >= 11 is 0. The molecular weight excluding hydrogens is 182 g/mol. The average molecular weight is 201 g/mol. The van der Waals surface area contributed by atoms with Crippen LogP contribution in [0.3, 0.4) is 0 Å². The van der Waals surface area contributed by atoms with Crippen LogP contribution in [0.1, 0.15) is 31.9 Å². The van der Waals surface area contributed by atoms with Crippen LogP contribution in [0.25, 0.3) is 12.2 Å². The molecule has 0 bridgehead atoms. The first-order valence-corrected chi connectivity index (χ1v) is 5.17. The second kappa shape index (κ2) is 7.74. The first-order chi connectivity index (χ1) is 7.31. The smallest absolute Gasteiger partial charge is 0.0694 e. The van der Waals surface area contributed by atoms with Crippen LogP contribution in [0.4, 0.5) is 5.69 Å². The van der Waals surface area contributed by atoms with Crippen molar-refractivity contribution in [2.24, 2.45) is 4.99 Å². The van der Waals surface area contributed by atoms with Crippen molar-refractivity contribution in [2.45, 2.75) is 20.8 Å². The maximum Gasteiger partial charge on any atom is 0.0694 e. The van der Waals surface area contributed by atoms with Gasteiger partial charge in [-0.3, -0.25) is 4.99 Å². The lowest BCUT2D eigenvalue weighted by atomic mass is 10.1. The fourth-order valence-electron chi connectivity index (χ4n) is 1.18. The molecule has 0 aromatic heterocycles. The summed E-state index contributed by atoms with van der Waals surface area (Å²) in [7, 11) is 0. The zero-order valence-electron chi connectivity index (χ0n) is 9.83. The monoisotopic (exact) mass is 201 g/mol. The van der Waals surface area contributed by atoms with E-state index in [1.54, 1.807) is 6.08 Å². The summed E-state index contributed by atoms with van der Waals surface area (Å²) in [5, 5.41) is 0. The number of aliphatic imine (C=N–C) groups is 1. The Morgan fingerprint density at radius 2 is 1.93 bits per heavy atom. The maximum atomic E-state index is 3.90. The number of nitrogens with zero attached hydrogens (tertiary/aromatic N) is 1. The molecule has 0 spiro atoms. The molecule has 0 atom stereocenters. The number of hydrogen-bond donors (Lipinski definition) is 0. The highest BCUT2D eigenvalue weighted by Gasteiger charge is 1.96. The maximum absolute atomic E-state index is 3.90. The normalized spacial score (nSPS) is 9.27. The highest BCUT2D eigenvalue weighted by Crippen LogP contribution is 2.21. The number of rotatable bonds is 3. The van der Waals surface area contributed by atoms with Gasteiger partial charge in [-0.2, -0.15) is 0 Å². The molecule has 1 aromatic carbocycles. The molecule has 80 valence electrons. The van der Waals surface area contributed by atoms with Gasteiger partial charge in [0.15, 0.2) is 0 Å². The third-order valence-electron chi connectivity index (χ3n) is 1.80. The SMILES string of the molecule is C=Cc1cc(/C=C/C)ccc1N=C.CC. The van der Waals surface area contributed by atoms with Gasteiger partial charge in [-0.25, -0.2) is 0 Å². The van der Waals surface area contributed by atoms with Crippen molar-refractivity contribution in [1.29, 1.82) is 0 Å². The van der Waals surface area contributed by atoms with E-state index in [2.05, 4.69) is 18.3 Å². The molecule has 1 rings (SSSR count). The van der Waals surface area contributed by atoms with Crippen LogP contribution < -0.4 is 0 Å². The van der Waals surface area contributed by atoms with Crippen molar-refractivity contribution >= 4 is 24.6 Å². The molecule has 1 aromatic rings. The highest BCUT2D eigenvalue weighted by atomic mass is 14.7. The van der Waals surface area contributed by atoms with Crippen molar-refractivity contribution in [3.05, 3.63) is 42.0 Å².